The van der Waals surface area contributed by atoms with Crippen LogP contribution >= 0.6 is 0 Å². The lowest BCUT2D eigenvalue weighted by atomic mass is 10.1. The Hall–Kier alpha value is -1.95. The van der Waals surface area contributed by atoms with Gasteiger partial charge in [-0.25, -0.2) is 0 Å². The molecule has 0 aromatic heterocycles. The summed E-state index contributed by atoms with van der Waals surface area (Å²) < 4.78 is 18.1. The lowest BCUT2D eigenvalue weighted by Crippen LogP contribution is -2.39. The molecule has 1 aliphatic rings. The average molecular weight is 389 g/mol. The molecule has 0 fully saturated rings. The first-order valence-electron chi connectivity index (χ1n) is 10.0. The molecule has 1 aromatic carbocycles. The van der Waals surface area contributed by atoms with Crippen molar-refractivity contribution in [3.8, 4) is 0 Å². The zero-order valence-electron chi connectivity index (χ0n) is 16.8. The van der Waals surface area contributed by atoms with Crippen molar-refractivity contribution in [2.75, 3.05) is 6.61 Å². The Morgan fingerprint density at radius 1 is 1.18 bits per heavy atom. The summed E-state index contributed by atoms with van der Waals surface area (Å²) in [6.07, 6.45) is 9.68. The van der Waals surface area contributed by atoms with Crippen LogP contribution in [0.25, 0.3) is 0 Å². The Kier molecular flexibility index (Phi) is 9.97. The van der Waals surface area contributed by atoms with E-state index >= 15 is 0 Å². The second-order valence-electron chi connectivity index (χ2n) is 6.94. The highest BCUT2D eigenvalue weighted by atomic mass is 16.6. The standard InChI is InChI=1S/C23H32O5/c1-3-20(26-17-19-11-5-4-6-12-19)21-13-7-8-14-23(28-21)22(27-18(2)25)15-9-10-16-24/h4-12,20-24H,3,13-17H2,1-2H3/b10-9-/t20-,21+,22-,23+/m0/s1. The van der Waals surface area contributed by atoms with Crippen LogP contribution in [-0.2, 0) is 25.6 Å². The predicted octanol–water partition coefficient (Wildman–Crippen LogP) is 3.96. The molecule has 0 amide bonds. The molecule has 5 heteroatoms. The van der Waals surface area contributed by atoms with Crippen molar-refractivity contribution >= 4 is 5.97 Å². The maximum absolute atomic E-state index is 11.6. The van der Waals surface area contributed by atoms with E-state index in [-0.39, 0.29) is 30.9 Å². The smallest absolute Gasteiger partial charge is 0.303 e. The van der Waals surface area contributed by atoms with Gasteiger partial charge in [0.05, 0.1) is 31.5 Å². The largest absolute Gasteiger partial charge is 0.459 e. The normalized spacial score (nSPS) is 22.0. The summed E-state index contributed by atoms with van der Waals surface area (Å²) in [7, 11) is 0. The fraction of sp³-hybridized carbons (Fsp3) is 0.522. The third kappa shape index (κ3) is 7.58. The summed E-state index contributed by atoms with van der Waals surface area (Å²) in [4.78, 5) is 11.6. The number of aliphatic hydroxyl groups is 1. The van der Waals surface area contributed by atoms with Crippen LogP contribution in [0.2, 0.25) is 0 Å². The first-order valence-corrected chi connectivity index (χ1v) is 10.0. The van der Waals surface area contributed by atoms with E-state index in [0.717, 1.165) is 18.4 Å². The van der Waals surface area contributed by atoms with Gasteiger partial charge in [-0.3, -0.25) is 4.79 Å². The quantitative estimate of drug-likeness (QED) is 0.486. The fourth-order valence-electron chi connectivity index (χ4n) is 3.33. The molecule has 1 aliphatic heterocycles. The van der Waals surface area contributed by atoms with Gasteiger partial charge in [-0.1, -0.05) is 61.6 Å². The molecule has 0 unspecified atom stereocenters. The number of carbonyl (C=O) groups excluding carboxylic acids is 1. The summed E-state index contributed by atoms with van der Waals surface area (Å²) >= 11 is 0. The van der Waals surface area contributed by atoms with Crippen LogP contribution in [0.1, 0.15) is 45.1 Å². The number of hydrogen-bond acceptors (Lipinski definition) is 5. The second kappa shape index (κ2) is 12.5. The fourth-order valence-corrected chi connectivity index (χ4v) is 3.33. The number of rotatable bonds is 10. The molecule has 0 saturated heterocycles. The highest BCUT2D eigenvalue weighted by Crippen LogP contribution is 2.25. The van der Waals surface area contributed by atoms with Crippen molar-refractivity contribution in [3.05, 3.63) is 60.2 Å². The molecule has 0 bridgehead atoms. The van der Waals surface area contributed by atoms with Crippen molar-refractivity contribution in [2.45, 2.75) is 70.6 Å². The highest BCUT2D eigenvalue weighted by molar-refractivity contribution is 5.66. The van der Waals surface area contributed by atoms with Gasteiger partial charge in [0.1, 0.15) is 6.10 Å². The second-order valence-corrected chi connectivity index (χ2v) is 6.94. The van der Waals surface area contributed by atoms with Gasteiger partial charge in [0.2, 0.25) is 0 Å². The van der Waals surface area contributed by atoms with Gasteiger partial charge in [0.15, 0.2) is 0 Å². The van der Waals surface area contributed by atoms with Crippen LogP contribution in [0.3, 0.4) is 0 Å². The van der Waals surface area contributed by atoms with Gasteiger partial charge in [0, 0.05) is 13.3 Å². The zero-order valence-corrected chi connectivity index (χ0v) is 16.8. The molecule has 1 aromatic rings. The molecule has 1 heterocycles. The number of hydrogen-bond donors (Lipinski definition) is 1. The van der Waals surface area contributed by atoms with E-state index in [2.05, 4.69) is 19.1 Å². The molecule has 154 valence electrons. The van der Waals surface area contributed by atoms with Crippen LogP contribution in [0.15, 0.2) is 54.6 Å². The third-order valence-corrected chi connectivity index (χ3v) is 4.75. The molecule has 0 radical (unpaired) electrons. The molecule has 28 heavy (non-hydrogen) atoms. The predicted molar refractivity (Wildman–Crippen MR) is 109 cm³/mol. The summed E-state index contributed by atoms with van der Waals surface area (Å²) in [6.45, 7) is 4.01. The SMILES string of the molecule is CC[C@H](OCc1ccccc1)[C@H]1CC=CC[C@H]([C@H](C/C=C\CO)OC(C)=O)O1. The van der Waals surface area contributed by atoms with Crippen molar-refractivity contribution in [1.82, 2.24) is 0 Å². The van der Waals surface area contributed by atoms with Gasteiger partial charge < -0.3 is 19.3 Å². The summed E-state index contributed by atoms with van der Waals surface area (Å²) in [5.41, 5.74) is 1.13. The first kappa shape index (κ1) is 22.3. The Morgan fingerprint density at radius 3 is 2.46 bits per heavy atom. The van der Waals surface area contributed by atoms with Crippen LogP contribution in [0.5, 0.6) is 0 Å². The van der Waals surface area contributed by atoms with Gasteiger partial charge >= 0.3 is 5.97 Å². The molecular weight excluding hydrogens is 356 g/mol. The average Bonchev–Trinajstić information content (AvgIpc) is 2.95. The van der Waals surface area contributed by atoms with E-state index in [1.54, 1.807) is 6.08 Å². The topological polar surface area (TPSA) is 65.0 Å². The molecule has 5 nitrogen and oxygen atoms in total. The van der Waals surface area contributed by atoms with Crippen LogP contribution in [-0.4, -0.2) is 42.1 Å². The molecule has 2 rings (SSSR count). The maximum atomic E-state index is 11.6. The van der Waals surface area contributed by atoms with Gasteiger partial charge in [0.25, 0.3) is 0 Å². The molecule has 0 saturated carbocycles. The monoisotopic (exact) mass is 388 g/mol. The minimum absolute atomic E-state index is 0.0356. The molecule has 0 spiro atoms. The Bertz CT molecular complexity index is 625. The Morgan fingerprint density at radius 2 is 1.86 bits per heavy atom. The Labute approximate surface area is 168 Å². The number of aliphatic hydroxyl groups excluding tert-OH is 1. The van der Waals surface area contributed by atoms with Crippen molar-refractivity contribution in [3.63, 3.8) is 0 Å². The van der Waals surface area contributed by atoms with Crippen molar-refractivity contribution < 1.29 is 24.1 Å². The van der Waals surface area contributed by atoms with E-state index in [4.69, 9.17) is 19.3 Å². The number of benzene rings is 1. The van der Waals surface area contributed by atoms with E-state index in [1.807, 2.05) is 36.4 Å². The summed E-state index contributed by atoms with van der Waals surface area (Å²) in [6, 6.07) is 10.1. The third-order valence-electron chi connectivity index (χ3n) is 4.75. The molecular formula is C23H32O5. The van der Waals surface area contributed by atoms with E-state index in [9.17, 15) is 4.79 Å². The van der Waals surface area contributed by atoms with E-state index in [0.29, 0.717) is 19.4 Å². The van der Waals surface area contributed by atoms with E-state index in [1.165, 1.54) is 6.92 Å². The summed E-state index contributed by atoms with van der Waals surface area (Å²) in [5.74, 6) is -0.330. The van der Waals surface area contributed by atoms with Crippen LogP contribution in [0.4, 0.5) is 0 Å². The van der Waals surface area contributed by atoms with E-state index < -0.39 is 6.10 Å². The van der Waals surface area contributed by atoms with Crippen molar-refractivity contribution in [1.29, 1.82) is 0 Å². The van der Waals surface area contributed by atoms with Crippen LogP contribution < -0.4 is 0 Å². The van der Waals surface area contributed by atoms with Gasteiger partial charge in [-0.2, -0.15) is 0 Å². The minimum Gasteiger partial charge on any atom is -0.459 e. The lowest BCUT2D eigenvalue weighted by Gasteiger charge is -2.32. The Balaban J connectivity index is 2.03. The highest BCUT2D eigenvalue weighted by Gasteiger charge is 2.31. The summed E-state index contributed by atoms with van der Waals surface area (Å²) in [5, 5.41) is 8.96. The number of ether oxygens (including phenoxy) is 3. The van der Waals surface area contributed by atoms with Gasteiger partial charge in [-0.15, -0.1) is 0 Å². The molecule has 1 N–H and O–H groups in total. The maximum Gasteiger partial charge on any atom is 0.303 e. The first-order chi connectivity index (χ1) is 13.6. The lowest BCUT2D eigenvalue weighted by molar-refractivity contribution is -0.165. The van der Waals surface area contributed by atoms with Crippen molar-refractivity contribution in [2.24, 2.45) is 0 Å². The van der Waals surface area contributed by atoms with Crippen LogP contribution in [0, 0.1) is 0 Å². The molecule has 4 atom stereocenters. The zero-order chi connectivity index (χ0) is 20.2. The van der Waals surface area contributed by atoms with Gasteiger partial charge in [-0.05, 0) is 24.8 Å². The number of esters is 1. The number of carbonyl (C=O) groups is 1. The molecule has 0 aliphatic carbocycles. The minimum atomic E-state index is -0.392.